The fourth-order valence-electron chi connectivity index (χ4n) is 0.598. The molecule has 0 atom stereocenters. The SMILES string of the molecule is S=CSNc1ccccc1. The van der Waals surface area contributed by atoms with Crippen LogP contribution in [0.25, 0.3) is 0 Å². The molecule has 52 valence electrons. The molecule has 3 heteroatoms. The van der Waals surface area contributed by atoms with Gasteiger partial charge in [0.15, 0.2) is 0 Å². The number of para-hydroxylation sites is 1. The van der Waals surface area contributed by atoms with E-state index in [9.17, 15) is 0 Å². The van der Waals surface area contributed by atoms with Gasteiger partial charge in [0.05, 0.1) is 4.70 Å². The first kappa shape index (κ1) is 7.57. The van der Waals surface area contributed by atoms with E-state index in [1.807, 2.05) is 30.3 Å². The highest BCUT2D eigenvalue weighted by Crippen LogP contribution is 2.09. The van der Waals surface area contributed by atoms with Crippen LogP contribution in [0.15, 0.2) is 30.3 Å². The maximum atomic E-state index is 4.63. The summed E-state index contributed by atoms with van der Waals surface area (Å²) in [4.78, 5) is 0. The summed E-state index contributed by atoms with van der Waals surface area (Å²) in [7, 11) is 0. The summed E-state index contributed by atoms with van der Waals surface area (Å²) in [6.45, 7) is 0. The molecule has 0 amide bonds. The predicted molar refractivity (Wildman–Crippen MR) is 51.3 cm³/mol. The molecule has 1 N–H and O–H groups in total. The lowest BCUT2D eigenvalue weighted by Gasteiger charge is -1.98. The molecular weight excluding hydrogens is 162 g/mol. The Morgan fingerprint density at radius 1 is 1.30 bits per heavy atom. The van der Waals surface area contributed by atoms with Crippen LogP contribution in [-0.2, 0) is 0 Å². The highest BCUT2D eigenvalue weighted by molar-refractivity contribution is 8.21. The molecule has 1 aromatic carbocycles. The van der Waals surface area contributed by atoms with Crippen LogP contribution in [0.5, 0.6) is 0 Å². The molecule has 0 bridgehead atoms. The van der Waals surface area contributed by atoms with Crippen molar-refractivity contribution >= 4 is 34.6 Å². The normalized spacial score (nSPS) is 8.80. The van der Waals surface area contributed by atoms with Gasteiger partial charge in [0.1, 0.15) is 0 Å². The number of hydrogen-bond donors (Lipinski definition) is 1. The monoisotopic (exact) mass is 169 g/mol. The highest BCUT2D eigenvalue weighted by atomic mass is 32.2. The van der Waals surface area contributed by atoms with Crippen LogP contribution < -0.4 is 4.72 Å². The van der Waals surface area contributed by atoms with E-state index in [2.05, 4.69) is 16.9 Å². The number of anilines is 1. The molecule has 0 aliphatic rings. The second-order valence-corrected chi connectivity index (χ2v) is 2.89. The van der Waals surface area contributed by atoms with Crippen LogP contribution in [0.2, 0.25) is 0 Å². The van der Waals surface area contributed by atoms with Crippen molar-refractivity contribution < 1.29 is 0 Å². The quantitative estimate of drug-likeness (QED) is 0.552. The van der Waals surface area contributed by atoms with Crippen LogP contribution in [0.3, 0.4) is 0 Å². The Morgan fingerprint density at radius 2 is 2.00 bits per heavy atom. The number of rotatable bonds is 3. The van der Waals surface area contributed by atoms with Crippen molar-refractivity contribution in [1.82, 2.24) is 0 Å². The first-order chi connectivity index (χ1) is 4.93. The van der Waals surface area contributed by atoms with Crippen LogP contribution >= 0.6 is 24.2 Å². The molecule has 0 saturated carbocycles. The molecule has 0 fully saturated rings. The zero-order chi connectivity index (χ0) is 7.23. The fraction of sp³-hybridized carbons (Fsp3) is 0. The van der Waals surface area contributed by atoms with Crippen molar-refractivity contribution in [2.45, 2.75) is 0 Å². The summed E-state index contributed by atoms with van der Waals surface area (Å²) < 4.78 is 4.64. The largest absolute Gasteiger partial charge is 0.325 e. The smallest absolute Gasteiger partial charge is 0.0553 e. The van der Waals surface area contributed by atoms with E-state index >= 15 is 0 Å². The Hall–Kier alpha value is -0.540. The average molecular weight is 169 g/mol. The van der Waals surface area contributed by atoms with Crippen molar-refractivity contribution in [3.05, 3.63) is 30.3 Å². The van der Waals surface area contributed by atoms with E-state index in [0.717, 1.165) is 5.69 Å². The summed E-state index contributed by atoms with van der Waals surface area (Å²) in [5, 5.41) is 0. The van der Waals surface area contributed by atoms with Gasteiger partial charge in [0, 0.05) is 5.69 Å². The molecule has 0 aromatic heterocycles. The van der Waals surface area contributed by atoms with Gasteiger partial charge in [-0.25, -0.2) is 0 Å². The summed E-state index contributed by atoms with van der Waals surface area (Å²) in [5.74, 6) is 0. The van der Waals surface area contributed by atoms with Gasteiger partial charge in [-0.3, -0.25) is 0 Å². The van der Waals surface area contributed by atoms with Gasteiger partial charge in [-0.2, -0.15) is 0 Å². The second-order valence-electron chi connectivity index (χ2n) is 1.68. The zero-order valence-corrected chi connectivity index (χ0v) is 6.91. The minimum atomic E-state index is 1.08. The Bertz CT molecular complexity index is 198. The first-order valence-electron chi connectivity index (χ1n) is 2.84. The van der Waals surface area contributed by atoms with Crippen molar-refractivity contribution in [3.63, 3.8) is 0 Å². The maximum Gasteiger partial charge on any atom is 0.0553 e. The average Bonchev–Trinajstić information content (AvgIpc) is 2.03. The molecular formula is C7H7NS2. The maximum absolute atomic E-state index is 4.63. The standard InChI is InChI=1S/C7H7NS2/c9-6-10-8-7-4-2-1-3-5-7/h1-6,8H. The summed E-state index contributed by atoms with van der Waals surface area (Å²) in [5.41, 5.74) is 1.08. The van der Waals surface area contributed by atoms with Gasteiger partial charge in [-0.15, -0.1) is 0 Å². The minimum absolute atomic E-state index is 1.08. The highest BCUT2D eigenvalue weighted by Gasteiger charge is 1.84. The van der Waals surface area contributed by atoms with Gasteiger partial charge in [0.2, 0.25) is 0 Å². The zero-order valence-electron chi connectivity index (χ0n) is 5.28. The molecule has 10 heavy (non-hydrogen) atoms. The fourth-order valence-corrected chi connectivity index (χ4v) is 1.06. The van der Waals surface area contributed by atoms with Gasteiger partial charge in [-0.05, 0) is 24.1 Å². The van der Waals surface area contributed by atoms with Gasteiger partial charge < -0.3 is 4.72 Å². The van der Waals surface area contributed by atoms with Crippen LogP contribution in [0, 0.1) is 0 Å². The lowest BCUT2D eigenvalue weighted by atomic mass is 10.3. The molecule has 1 rings (SSSR count). The third kappa shape index (κ3) is 2.37. The Labute approximate surface area is 70.0 Å². The topological polar surface area (TPSA) is 12.0 Å². The van der Waals surface area contributed by atoms with E-state index < -0.39 is 0 Å². The summed E-state index contributed by atoms with van der Waals surface area (Å²) in [6, 6.07) is 9.92. The van der Waals surface area contributed by atoms with Gasteiger partial charge in [0.25, 0.3) is 0 Å². The second kappa shape index (κ2) is 4.30. The van der Waals surface area contributed by atoms with Crippen molar-refractivity contribution in [1.29, 1.82) is 0 Å². The third-order valence-electron chi connectivity index (χ3n) is 0.999. The lowest BCUT2D eigenvalue weighted by molar-refractivity contribution is 1.69. The number of thiocarbonyl (C=S) groups is 1. The van der Waals surface area contributed by atoms with E-state index in [4.69, 9.17) is 0 Å². The number of benzene rings is 1. The van der Waals surface area contributed by atoms with Crippen LogP contribution in [0.1, 0.15) is 0 Å². The molecule has 0 aliphatic carbocycles. The minimum Gasteiger partial charge on any atom is -0.325 e. The summed E-state index contributed by atoms with van der Waals surface area (Å²) >= 11 is 6.03. The molecule has 0 aliphatic heterocycles. The molecule has 1 nitrogen and oxygen atoms in total. The van der Waals surface area contributed by atoms with E-state index in [1.54, 1.807) is 4.70 Å². The molecule has 0 saturated heterocycles. The Balaban J connectivity index is 2.50. The third-order valence-corrected chi connectivity index (χ3v) is 1.74. The van der Waals surface area contributed by atoms with E-state index in [0.29, 0.717) is 0 Å². The van der Waals surface area contributed by atoms with Gasteiger partial charge in [-0.1, -0.05) is 30.4 Å². The molecule has 1 aromatic rings. The lowest BCUT2D eigenvalue weighted by Crippen LogP contribution is -1.82. The van der Waals surface area contributed by atoms with Crippen LogP contribution in [0.4, 0.5) is 5.69 Å². The Kier molecular flexibility index (Phi) is 3.26. The Morgan fingerprint density at radius 3 is 2.60 bits per heavy atom. The van der Waals surface area contributed by atoms with Crippen molar-refractivity contribution in [2.24, 2.45) is 0 Å². The van der Waals surface area contributed by atoms with E-state index in [-0.39, 0.29) is 0 Å². The molecule has 0 radical (unpaired) electrons. The number of hydrogen-bond acceptors (Lipinski definition) is 3. The van der Waals surface area contributed by atoms with E-state index in [1.165, 1.54) is 11.9 Å². The molecule has 0 spiro atoms. The molecule has 0 heterocycles. The molecule has 0 unspecified atom stereocenters. The first-order valence-corrected chi connectivity index (χ1v) is 4.19. The predicted octanol–water partition coefficient (Wildman–Crippen LogP) is 2.70. The van der Waals surface area contributed by atoms with Crippen molar-refractivity contribution in [2.75, 3.05) is 4.72 Å². The number of nitrogens with one attached hydrogen (secondary N) is 1. The van der Waals surface area contributed by atoms with Crippen molar-refractivity contribution in [3.8, 4) is 0 Å². The van der Waals surface area contributed by atoms with Crippen LogP contribution in [-0.4, -0.2) is 4.70 Å². The van der Waals surface area contributed by atoms with Gasteiger partial charge >= 0.3 is 0 Å². The summed E-state index contributed by atoms with van der Waals surface area (Å²) in [6.07, 6.45) is 0.